The van der Waals surface area contributed by atoms with Crippen LogP contribution in [0.15, 0.2) is 30.3 Å². The zero-order valence-corrected chi connectivity index (χ0v) is 33.7. The highest BCUT2D eigenvalue weighted by molar-refractivity contribution is 8.24. The first kappa shape index (κ1) is 37.9. The second-order valence-corrected chi connectivity index (χ2v) is 22.1. The Morgan fingerprint density at radius 3 is 2.25 bits per heavy atom. The van der Waals surface area contributed by atoms with Gasteiger partial charge in [-0.15, -0.1) is 0 Å². The number of carboxylic acid groups (broad SMARTS) is 1. The molecule has 1 aromatic rings. The number of carboxylic acids is 1. The number of hydrogen-bond acceptors (Lipinski definition) is 6. The molecule has 5 aliphatic carbocycles. The second kappa shape index (κ2) is 12.8. The van der Waals surface area contributed by atoms with E-state index in [1.165, 1.54) is 62.5 Å². The number of benzene rings is 1. The Kier molecular flexibility index (Phi) is 9.53. The molecule has 0 spiro atoms. The van der Waals surface area contributed by atoms with Crippen molar-refractivity contribution in [3.8, 4) is 0 Å². The number of aromatic carboxylic acids is 1. The largest absolute Gasteiger partial charge is 0.478 e. The first-order valence-electron chi connectivity index (χ1n) is 20.1. The highest BCUT2D eigenvalue weighted by Crippen LogP contribution is 2.77. The summed E-state index contributed by atoms with van der Waals surface area (Å²) >= 11 is 0. The lowest BCUT2D eigenvalue weighted by atomic mass is 9.32. The van der Waals surface area contributed by atoms with Gasteiger partial charge in [0.1, 0.15) is 0 Å². The van der Waals surface area contributed by atoms with Crippen LogP contribution in [0.1, 0.15) is 122 Å². The summed E-state index contributed by atoms with van der Waals surface area (Å²) < 4.78 is 26.7. The number of ether oxygens (including phenoxy) is 1. The second-order valence-electron chi connectivity index (χ2n) is 19.7. The van der Waals surface area contributed by atoms with E-state index in [0.29, 0.717) is 46.7 Å². The predicted molar refractivity (Wildman–Crippen MR) is 209 cm³/mol. The van der Waals surface area contributed by atoms with Gasteiger partial charge in [-0.25, -0.2) is 4.79 Å². The molecule has 1 heterocycles. The zero-order chi connectivity index (χ0) is 36.8. The van der Waals surface area contributed by atoms with Gasteiger partial charge in [0.05, 0.1) is 22.7 Å². The standard InChI is InChI=1S/C43H68N2O5S/c1-38(2)31(29-9-11-30(12-10-29)37(46)47)15-18-40(5)34(38)17-19-42(7)35(40)14-13-33-36-32(39(3,4)50-8)16-20-43(36,22-21-41(33,42)6)44-23-24-45-25-27-51(48,49)28-26-45/h9-12,15,32-36,44,48-49H,13-14,16-28H2,1-8H3,(H,46,47)/t32-,33-,34+,35-,36-,40+,41-,42-,43+/m1/s1. The molecule has 0 bridgehead atoms. The normalized spacial score (nSPS) is 42.5. The summed E-state index contributed by atoms with van der Waals surface area (Å²) in [7, 11) is -0.454. The van der Waals surface area contributed by atoms with Gasteiger partial charge in [-0.2, -0.15) is 10.6 Å². The van der Waals surface area contributed by atoms with Crippen molar-refractivity contribution in [1.82, 2.24) is 10.2 Å². The molecule has 9 atom stereocenters. The lowest BCUT2D eigenvalue weighted by Gasteiger charge is -2.72. The van der Waals surface area contributed by atoms with Crippen molar-refractivity contribution >= 4 is 22.1 Å². The average molecular weight is 725 g/mol. The van der Waals surface area contributed by atoms with Crippen molar-refractivity contribution in [2.24, 2.45) is 51.2 Å². The third-order valence-electron chi connectivity index (χ3n) is 17.2. The average Bonchev–Trinajstić information content (AvgIpc) is 3.46. The first-order valence-corrected chi connectivity index (χ1v) is 22.0. The van der Waals surface area contributed by atoms with Gasteiger partial charge in [0.15, 0.2) is 0 Å². The van der Waals surface area contributed by atoms with Crippen molar-refractivity contribution < 1.29 is 23.7 Å². The molecule has 7 nitrogen and oxygen atoms in total. The van der Waals surface area contributed by atoms with Crippen LogP contribution in [-0.4, -0.2) is 81.0 Å². The van der Waals surface area contributed by atoms with Crippen molar-refractivity contribution in [2.45, 2.75) is 117 Å². The molecule has 7 rings (SSSR count). The Balaban J connectivity index is 1.16. The molecule has 8 heteroatoms. The molecular weight excluding hydrogens is 657 g/mol. The van der Waals surface area contributed by atoms with E-state index in [1.807, 2.05) is 19.2 Å². The Hall–Kier alpha value is -1.42. The molecule has 1 aromatic carbocycles. The molecule has 4 saturated carbocycles. The van der Waals surface area contributed by atoms with Crippen LogP contribution in [-0.2, 0) is 4.74 Å². The lowest BCUT2D eigenvalue weighted by molar-refractivity contribution is -0.226. The Morgan fingerprint density at radius 2 is 1.61 bits per heavy atom. The Bertz CT molecular complexity index is 1510. The van der Waals surface area contributed by atoms with Crippen molar-refractivity contribution in [3.05, 3.63) is 41.5 Å². The Labute approximate surface area is 310 Å². The quantitative estimate of drug-likeness (QED) is 0.212. The van der Waals surface area contributed by atoms with E-state index in [-0.39, 0.29) is 32.8 Å². The third kappa shape index (κ3) is 5.91. The van der Waals surface area contributed by atoms with Gasteiger partial charge in [-0.3, -0.25) is 14.0 Å². The SMILES string of the molecule is COC(C)(C)[C@@H]1CC[C@]2(NCCN3CCS(O)(O)CC3)CC[C@]3(C)[C@H](CC[C@@H]4[C@@]5(C)CC=C(c6ccc(C(=O)O)cc6)C(C)(C)[C@@H]5CC[C@]43C)[C@@H]12. The van der Waals surface area contributed by atoms with Gasteiger partial charge in [0, 0.05) is 38.8 Å². The highest BCUT2D eigenvalue weighted by Gasteiger charge is 2.71. The van der Waals surface area contributed by atoms with E-state index < -0.39 is 16.6 Å². The molecule has 0 radical (unpaired) electrons. The fourth-order valence-corrected chi connectivity index (χ4v) is 15.5. The van der Waals surface area contributed by atoms with E-state index in [1.54, 1.807) is 12.1 Å². The highest BCUT2D eigenvalue weighted by atomic mass is 32.3. The number of fused-ring (bicyclic) bond motifs is 7. The maximum absolute atomic E-state index is 11.6. The molecule has 286 valence electrons. The molecule has 0 unspecified atom stereocenters. The summed E-state index contributed by atoms with van der Waals surface area (Å²) in [6.07, 6.45) is 13.7. The number of hydrogen-bond donors (Lipinski definition) is 4. The molecule has 4 N–H and O–H groups in total. The van der Waals surface area contributed by atoms with Crippen molar-refractivity contribution in [2.75, 3.05) is 44.8 Å². The summed E-state index contributed by atoms with van der Waals surface area (Å²) in [5.41, 5.74) is 3.63. The van der Waals surface area contributed by atoms with Crippen LogP contribution in [0.5, 0.6) is 0 Å². The first-order chi connectivity index (χ1) is 23.8. The molecule has 51 heavy (non-hydrogen) atoms. The van der Waals surface area contributed by atoms with Crippen LogP contribution in [0, 0.1) is 51.2 Å². The topological polar surface area (TPSA) is 102 Å². The molecular formula is C43H68N2O5S. The maximum atomic E-state index is 11.6. The lowest BCUT2D eigenvalue weighted by Crippen LogP contribution is -2.68. The van der Waals surface area contributed by atoms with Gasteiger partial charge in [-0.05, 0) is 146 Å². The summed E-state index contributed by atoms with van der Waals surface area (Å²) in [4.78, 5) is 14.0. The summed E-state index contributed by atoms with van der Waals surface area (Å²) in [5.74, 6) is 3.15. The van der Waals surface area contributed by atoms with E-state index in [2.05, 4.69) is 64.8 Å². The van der Waals surface area contributed by atoms with Crippen LogP contribution in [0.3, 0.4) is 0 Å². The van der Waals surface area contributed by atoms with Crippen LogP contribution >= 0.6 is 10.6 Å². The zero-order valence-electron chi connectivity index (χ0n) is 32.9. The van der Waals surface area contributed by atoms with E-state index in [9.17, 15) is 19.0 Å². The minimum Gasteiger partial charge on any atom is -0.478 e. The van der Waals surface area contributed by atoms with E-state index >= 15 is 0 Å². The number of methoxy groups -OCH3 is 1. The molecule has 6 aliphatic rings. The molecule has 5 fully saturated rings. The maximum Gasteiger partial charge on any atom is 0.335 e. The smallest absolute Gasteiger partial charge is 0.335 e. The van der Waals surface area contributed by atoms with Gasteiger partial charge >= 0.3 is 5.97 Å². The van der Waals surface area contributed by atoms with Crippen LogP contribution < -0.4 is 5.32 Å². The van der Waals surface area contributed by atoms with E-state index in [0.717, 1.165) is 32.6 Å². The fraction of sp³-hybridized carbons (Fsp3) is 0.791. The summed E-state index contributed by atoms with van der Waals surface area (Å²) in [6, 6.07) is 7.60. The number of carbonyl (C=O) groups is 1. The van der Waals surface area contributed by atoms with E-state index in [4.69, 9.17) is 4.74 Å². The fourth-order valence-electron chi connectivity index (χ4n) is 14.2. The van der Waals surface area contributed by atoms with Crippen LogP contribution in [0.4, 0.5) is 0 Å². The minimum atomic E-state index is -2.37. The van der Waals surface area contributed by atoms with Gasteiger partial charge in [0.25, 0.3) is 0 Å². The van der Waals surface area contributed by atoms with Gasteiger partial charge in [-0.1, -0.05) is 52.8 Å². The van der Waals surface area contributed by atoms with Crippen molar-refractivity contribution in [1.29, 1.82) is 0 Å². The molecule has 1 saturated heterocycles. The van der Waals surface area contributed by atoms with Crippen molar-refractivity contribution in [3.63, 3.8) is 0 Å². The predicted octanol–water partition coefficient (Wildman–Crippen LogP) is 9.29. The van der Waals surface area contributed by atoms with Gasteiger partial charge < -0.3 is 15.2 Å². The Morgan fingerprint density at radius 1 is 0.922 bits per heavy atom. The molecule has 0 aromatic heterocycles. The van der Waals surface area contributed by atoms with Gasteiger partial charge in [0.2, 0.25) is 0 Å². The summed E-state index contributed by atoms with van der Waals surface area (Å²) in [5, 5.41) is 13.8. The monoisotopic (exact) mass is 724 g/mol. The number of allylic oxidation sites excluding steroid dienone is 2. The molecule has 1 aliphatic heterocycles. The summed E-state index contributed by atoms with van der Waals surface area (Å²) in [6.45, 7) is 21.2. The third-order valence-corrected chi connectivity index (χ3v) is 18.9. The van der Waals surface area contributed by atoms with Crippen LogP contribution in [0.25, 0.3) is 5.57 Å². The molecule has 0 amide bonds. The number of nitrogens with zero attached hydrogens (tertiary/aromatic N) is 1. The van der Waals surface area contributed by atoms with Crippen LogP contribution in [0.2, 0.25) is 0 Å². The number of nitrogens with one attached hydrogen (secondary N) is 1. The number of rotatable bonds is 8. The minimum absolute atomic E-state index is 0.00696.